The fraction of sp³-hybridized carbons (Fsp3) is 0.529. The number of rotatable bonds is 4. The third-order valence-corrected chi connectivity index (χ3v) is 4.03. The van der Waals surface area contributed by atoms with Crippen molar-refractivity contribution in [3.8, 4) is 5.75 Å². The lowest BCUT2D eigenvalue weighted by atomic mass is 9.97. The van der Waals surface area contributed by atoms with E-state index in [-0.39, 0.29) is 30.5 Å². The Balaban J connectivity index is 2.00. The number of carbonyl (C=O) groups excluding carboxylic acids is 2. The first kappa shape index (κ1) is 16.3. The molecule has 1 aromatic carbocycles. The van der Waals surface area contributed by atoms with Gasteiger partial charge in [0, 0.05) is 19.0 Å². The zero-order valence-corrected chi connectivity index (χ0v) is 13.5. The Hall–Kier alpha value is -2.04. The average molecular weight is 304 g/mol. The SMILES string of the molecule is CC(=O)Nc1ccccc1OCC(=O)N1C(C)CCCC1C. The summed E-state index contributed by atoms with van der Waals surface area (Å²) < 4.78 is 5.64. The summed E-state index contributed by atoms with van der Waals surface area (Å²) in [4.78, 5) is 25.6. The van der Waals surface area contributed by atoms with Crippen molar-refractivity contribution in [1.29, 1.82) is 0 Å². The normalized spacial score (nSPS) is 21.3. The highest BCUT2D eigenvalue weighted by atomic mass is 16.5. The van der Waals surface area contributed by atoms with Crippen molar-refractivity contribution in [2.75, 3.05) is 11.9 Å². The van der Waals surface area contributed by atoms with Crippen LogP contribution in [0.5, 0.6) is 5.75 Å². The molecule has 120 valence electrons. The molecule has 5 nitrogen and oxygen atoms in total. The molecule has 1 aromatic rings. The van der Waals surface area contributed by atoms with Crippen molar-refractivity contribution in [1.82, 2.24) is 4.90 Å². The number of amides is 2. The van der Waals surface area contributed by atoms with Gasteiger partial charge in [0.25, 0.3) is 5.91 Å². The van der Waals surface area contributed by atoms with E-state index in [1.54, 1.807) is 12.1 Å². The molecule has 5 heteroatoms. The molecule has 2 atom stereocenters. The Bertz CT molecular complexity index is 534. The highest BCUT2D eigenvalue weighted by Gasteiger charge is 2.29. The van der Waals surface area contributed by atoms with Crippen molar-refractivity contribution in [3.63, 3.8) is 0 Å². The standard InChI is InChI=1S/C17H24N2O3/c1-12-7-6-8-13(2)19(12)17(21)11-22-16-10-5-4-9-15(16)18-14(3)20/h4-5,9-10,12-13H,6-8,11H2,1-3H3,(H,18,20). The number of hydrogen-bond donors (Lipinski definition) is 1. The molecule has 0 spiro atoms. The van der Waals surface area contributed by atoms with Crippen LogP contribution in [-0.2, 0) is 9.59 Å². The quantitative estimate of drug-likeness (QED) is 0.930. The number of nitrogens with zero attached hydrogens (tertiary/aromatic N) is 1. The summed E-state index contributed by atoms with van der Waals surface area (Å²) in [5.74, 6) is 0.348. The van der Waals surface area contributed by atoms with Gasteiger partial charge in [0.2, 0.25) is 5.91 Å². The Labute approximate surface area is 131 Å². The van der Waals surface area contributed by atoms with E-state index in [4.69, 9.17) is 4.74 Å². The molecule has 1 aliphatic heterocycles. The molecule has 2 rings (SSSR count). The van der Waals surface area contributed by atoms with E-state index < -0.39 is 0 Å². The van der Waals surface area contributed by atoms with Crippen molar-refractivity contribution >= 4 is 17.5 Å². The van der Waals surface area contributed by atoms with Crippen molar-refractivity contribution in [2.24, 2.45) is 0 Å². The van der Waals surface area contributed by atoms with E-state index in [9.17, 15) is 9.59 Å². The number of ether oxygens (including phenoxy) is 1. The predicted octanol–water partition coefficient (Wildman–Crippen LogP) is 2.81. The number of benzene rings is 1. The lowest BCUT2D eigenvalue weighted by Gasteiger charge is -2.39. The van der Waals surface area contributed by atoms with Gasteiger partial charge >= 0.3 is 0 Å². The highest BCUT2D eigenvalue weighted by molar-refractivity contribution is 5.90. The number of piperidine rings is 1. The van der Waals surface area contributed by atoms with E-state index in [0.717, 1.165) is 12.8 Å². The molecule has 2 unspecified atom stereocenters. The first-order valence-electron chi connectivity index (χ1n) is 7.79. The third kappa shape index (κ3) is 4.00. The molecule has 0 aromatic heterocycles. The molecule has 1 aliphatic rings. The number of para-hydroxylation sites is 2. The third-order valence-electron chi connectivity index (χ3n) is 4.03. The van der Waals surface area contributed by atoms with E-state index in [2.05, 4.69) is 19.2 Å². The largest absolute Gasteiger partial charge is 0.482 e. The first-order valence-corrected chi connectivity index (χ1v) is 7.79. The minimum Gasteiger partial charge on any atom is -0.482 e. The molecule has 0 aliphatic carbocycles. The zero-order valence-electron chi connectivity index (χ0n) is 13.5. The molecule has 1 N–H and O–H groups in total. The Kier molecular flexibility index (Phi) is 5.41. The molecule has 1 fully saturated rings. The molecular weight excluding hydrogens is 280 g/mol. The maximum absolute atomic E-state index is 12.4. The molecule has 1 heterocycles. The highest BCUT2D eigenvalue weighted by Crippen LogP contribution is 2.25. The van der Waals surface area contributed by atoms with Gasteiger partial charge in [-0.3, -0.25) is 9.59 Å². The van der Waals surface area contributed by atoms with Crippen LogP contribution < -0.4 is 10.1 Å². The number of anilines is 1. The van der Waals surface area contributed by atoms with E-state index in [1.165, 1.54) is 13.3 Å². The number of likely N-dealkylation sites (tertiary alicyclic amines) is 1. The van der Waals surface area contributed by atoms with Crippen LogP contribution >= 0.6 is 0 Å². The maximum Gasteiger partial charge on any atom is 0.260 e. The van der Waals surface area contributed by atoms with Crippen LogP contribution in [-0.4, -0.2) is 35.4 Å². The molecule has 22 heavy (non-hydrogen) atoms. The minimum absolute atomic E-state index is 0.00247. The van der Waals surface area contributed by atoms with Gasteiger partial charge in [-0.1, -0.05) is 12.1 Å². The minimum atomic E-state index is -0.166. The summed E-state index contributed by atoms with van der Waals surface area (Å²) in [6.07, 6.45) is 3.25. The van der Waals surface area contributed by atoms with Crippen molar-refractivity contribution in [2.45, 2.75) is 52.1 Å². The second kappa shape index (κ2) is 7.29. The van der Waals surface area contributed by atoms with Gasteiger partial charge in [-0.05, 0) is 45.2 Å². The van der Waals surface area contributed by atoms with Gasteiger partial charge in [0.05, 0.1) is 5.69 Å². The van der Waals surface area contributed by atoms with Crippen LogP contribution in [0.1, 0.15) is 40.0 Å². The summed E-state index contributed by atoms with van der Waals surface area (Å²) in [5, 5.41) is 2.71. The summed E-state index contributed by atoms with van der Waals surface area (Å²) in [7, 11) is 0. The first-order chi connectivity index (χ1) is 10.5. The van der Waals surface area contributed by atoms with Crippen LogP contribution in [0, 0.1) is 0 Å². The van der Waals surface area contributed by atoms with Crippen LogP contribution in [0.3, 0.4) is 0 Å². The Morgan fingerprint density at radius 3 is 2.50 bits per heavy atom. The van der Waals surface area contributed by atoms with Gasteiger partial charge in [0.1, 0.15) is 5.75 Å². The zero-order chi connectivity index (χ0) is 16.1. The van der Waals surface area contributed by atoms with E-state index in [0.29, 0.717) is 11.4 Å². The predicted molar refractivity (Wildman–Crippen MR) is 85.9 cm³/mol. The Morgan fingerprint density at radius 2 is 1.86 bits per heavy atom. The summed E-state index contributed by atoms with van der Waals surface area (Å²) in [6.45, 7) is 5.60. The number of nitrogens with one attached hydrogen (secondary N) is 1. The average Bonchev–Trinajstić information content (AvgIpc) is 2.45. The van der Waals surface area contributed by atoms with Gasteiger partial charge in [-0.25, -0.2) is 0 Å². The maximum atomic E-state index is 12.4. The van der Waals surface area contributed by atoms with Gasteiger partial charge < -0.3 is 15.0 Å². The molecule has 0 bridgehead atoms. The lowest BCUT2D eigenvalue weighted by molar-refractivity contribution is -0.139. The van der Waals surface area contributed by atoms with Gasteiger partial charge in [0.15, 0.2) is 6.61 Å². The smallest absolute Gasteiger partial charge is 0.260 e. The van der Waals surface area contributed by atoms with Gasteiger partial charge in [-0.15, -0.1) is 0 Å². The van der Waals surface area contributed by atoms with Crippen LogP contribution in [0.4, 0.5) is 5.69 Å². The molecule has 2 amide bonds. The van der Waals surface area contributed by atoms with Gasteiger partial charge in [-0.2, -0.15) is 0 Å². The topological polar surface area (TPSA) is 58.6 Å². The molecule has 0 radical (unpaired) electrons. The summed E-state index contributed by atoms with van der Waals surface area (Å²) >= 11 is 0. The number of carbonyl (C=O) groups is 2. The van der Waals surface area contributed by atoms with Crippen LogP contribution in [0.2, 0.25) is 0 Å². The second-order valence-corrected chi connectivity index (χ2v) is 5.90. The van der Waals surface area contributed by atoms with Crippen molar-refractivity contribution < 1.29 is 14.3 Å². The molecule has 1 saturated heterocycles. The van der Waals surface area contributed by atoms with E-state index in [1.807, 2.05) is 17.0 Å². The fourth-order valence-corrected chi connectivity index (χ4v) is 3.01. The monoisotopic (exact) mass is 304 g/mol. The number of hydrogen-bond acceptors (Lipinski definition) is 3. The lowest BCUT2D eigenvalue weighted by Crippen LogP contribution is -2.49. The van der Waals surface area contributed by atoms with E-state index >= 15 is 0 Å². The fourth-order valence-electron chi connectivity index (χ4n) is 3.01. The van der Waals surface area contributed by atoms with Crippen LogP contribution in [0.25, 0.3) is 0 Å². The second-order valence-electron chi connectivity index (χ2n) is 5.90. The summed E-state index contributed by atoms with van der Waals surface area (Å²) in [5.41, 5.74) is 0.586. The molecular formula is C17H24N2O3. The summed E-state index contributed by atoms with van der Waals surface area (Å²) in [6, 6.07) is 7.65. The van der Waals surface area contributed by atoms with Crippen LogP contribution in [0.15, 0.2) is 24.3 Å². The molecule has 0 saturated carbocycles. The van der Waals surface area contributed by atoms with Crippen molar-refractivity contribution in [3.05, 3.63) is 24.3 Å². The Morgan fingerprint density at radius 1 is 1.23 bits per heavy atom.